The summed E-state index contributed by atoms with van der Waals surface area (Å²) in [6, 6.07) is 6.83. The van der Waals surface area contributed by atoms with Crippen LogP contribution in [0.2, 0.25) is 0 Å². The Hall–Kier alpha value is -2.08. The number of ether oxygens (including phenoxy) is 1. The number of benzene rings is 1. The first kappa shape index (κ1) is 14.3. The van der Waals surface area contributed by atoms with Gasteiger partial charge in [-0.05, 0) is 31.5 Å². The van der Waals surface area contributed by atoms with Crippen LogP contribution >= 0.6 is 0 Å². The number of aliphatic carboxylic acids is 1. The van der Waals surface area contributed by atoms with Crippen LogP contribution in [0.15, 0.2) is 24.3 Å². The van der Waals surface area contributed by atoms with Gasteiger partial charge in [-0.15, -0.1) is 0 Å². The first-order valence-electron chi connectivity index (χ1n) is 6.62. The second-order valence-corrected chi connectivity index (χ2v) is 4.71. The van der Waals surface area contributed by atoms with Crippen molar-refractivity contribution in [3.8, 4) is 5.75 Å². The van der Waals surface area contributed by atoms with Crippen molar-refractivity contribution in [3.63, 3.8) is 0 Å². The average Bonchev–Trinajstić information content (AvgIpc) is 2.47. The van der Waals surface area contributed by atoms with E-state index in [0.29, 0.717) is 18.0 Å². The number of rotatable bonds is 5. The van der Waals surface area contributed by atoms with Gasteiger partial charge in [-0.2, -0.15) is 0 Å². The van der Waals surface area contributed by atoms with Gasteiger partial charge in [0.15, 0.2) is 6.61 Å². The molecule has 108 valence electrons. The van der Waals surface area contributed by atoms with Crippen molar-refractivity contribution < 1.29 is 19.4 Å². The van der Waals surface area contributed by atoms with Crippen LogP contribution in [0.1, 0.15) is 12.8 Å². The van der Waals surface area contributed by atoms with E-state index in [2.05, 4.69) is 10.6 Å². The first-order chi connectivity index (χ1) is 9.66. The van der Waals surface area contributed by atoms with E-state index in [1.54, 1.807) is 24.3 Å². The highest BCUT2D eigenvalue weighted by atomic mass is 16.5. The molecular formula is C14H18N2O4. The Bertz CT molecular complexity index is 484. The molecule has 1 heterocycles. The molecular weight excluding hydrogens is 260 g/mol. The molecule has 1 aliphatic heterocycles. The summed E-state index contributed by atoms with van der Waals surface area (Å²) in [7, 11) is 0. The Labute approximate surface area is 117 Å². The van der Waals surface area contributed by atoms with Gasteiger partial charge in [0.1, 0.15) is 5.75 Å². The topological polar surface area (TPSA) is 87.7 Å². The molecule has 1 unspecified atom stereocenters. The third-order valence-electron chi connectivity index (χ3n) is 3.16. The van der Waals surface area contributed by atoms with Gasteiger partial charge in [0.2, 0.25) is 5.91 Å². The zero-order valence-corrected chi connectivity index (χ0v) is 11.1. The maximum atomic E-state index is 12.1. The Morgan fingerprint density at radius 2 is 2.20 bits per heavy atom. The lowest BCUT2D eigenvalue weighted by molar-refractivity contribution is -0.139. The number of carboxylic acids is 1. The van der Waals surface area contributed by atoms with E-state index in [-0.39, 0.29) is 11.8 Å². The number of nitrogens with one attached hydrogen (secondary N) is 2. The van der Waals surface area contributed by atoms with Crippen LogP contribution in [0, 0.1) is 5.92 Å². The van der Waals surface area contributed by atoms with E-state index in [1.807, 2.05) is 0 Å². The molecule has 1 amide bonds. The summed E-state index contributed by atoms with van der Waals surface area (Å²) in [6.45, 7) is 1.18. The van der Waals surface area contributed by atoms with Gasteiger partial charge in [-0.3, -0.25) is 4.79 Å². The van der Waals surface area contributed by atoms with Gasteiger partial charge in [0.05, 0.1) is 11.6 Å². The monoisotopic (exact) mass is 278 g/mol. The Morgan fingerprint density at radius 1 is 1.40 bits per heavy atom. The fraction of sp³-hybridized carbons (Fsp3) is 0.429. The predicted octanol–water partition coefficient (Wildman–Crippen LogP) is 1.09. The number of carbonyl (C=O) groups excluding carboxylic acids is 1. The molecule has 0 aliphatic carbocycles. The lowest BCUT2D eigenvalue weighted by Gasteiger charge is -2.22. The number of carbonyl (C=O) groups is 2. The minimum absolute atomic E-state index is 0.0590. The van der Waals surface area contributed by atoms with Crippen LogP contribution in [0.25, 0.3) is 0 Å². The van der Waals surface area contributed by atoms with E-state index >= 15 is 0 Å². The van der Waals surface area contributed by atoms with Crippen molar-refractivity contribution >= 4 is 17.6 Å². The zero-order chi connectivity index (χ0) is 14.4. The summed E-state index contributed by atoms with van der Waals surface area (Å²) in [5.41, 5.74) is 0.504. The van der Waals surface area contributed by atoms with Crippen LogP contribution in [-0.2, 0) is 9.59 Å². The second-order valence-electron chi connectivity index (χ2n) is 4.71. The molecule has 6 nitrogen and oxygen atoms in total. The molecule has 1 atom stereocenters. The van der Waals surface area contributed by atoms with Crippen molar-refractivity contribution in [2.45, 2.75) is 12.8 Å². The number of hydrogen-bond acceptors (Lipinski definition) is 4. The Balaban J connectivity index is 2.00. The van der Waals surface area contributed by atoms with Gasteiger partial charge in [0, 0.05) is 6.54 Å². The lowest BCUT2D eigenvalue weighted by atomic mass is 9.99. The number of piperidine rings is 1. The molecule has 0 radical (unpaired) electrons. The molecule has 1 fully saturated rings. The number of hydrogen-bond donors (Lipinski definition) is 3. The van der Waals surface area contributed by atoms with Crippen molar-refractivity contribution in [2.24, 2.45) is 5.92 Å². The quantitative estimate of drug-likeness (QED) is 0.750. The highest BCUT2D eigenvalue weighted by molar-refractivity contribution is 5.94. The van der Waals surface area contributed by atoms with E-state index < -0.39 is 12.6 Å². The Morgan fingerprint density at radius 3 is 2.90 bits per heavy atom. The molecule has 1 saturated heterocycles. The van der Waals surface area contributed by atoms with Crippen molar-refractivity contribution in [2.75, 3.05) is 25.0 Å². The van der Waals surface area contributed by atoms with Gasteiger partial charge in [0.25, 0.3) is 0 Å². The lowest BCUT2D eigenvalue weighted by Crippen LogP contribution is -2.37. The standard InChI is InChI=1S/C14H18N2O4/c17-13(18)9-20-12-6-2-1-5-11(12)16-14(19)10-4-3-7-15-8-10/h1-2,5-6,10,15H,3-4,7-9H2,(H,16,19)(H,17,18). The van der Waals surface area contributed by atoms with E-state index in [4.69, 9.17) is 9.84 Å². The largest absolute Gasteiger partial charge is 0.480 e. The molecule has 0 aromatic heterocycles. The minimum atomic E-state index is -1.05. The molecule has 1 aromatic carbocycles. The van der Waals surface area contributed by atoms with E-state index in [1.165, 1.54) is 0 Å². The summed E-state index contributed by atoms with van der Waals surface area (Å²) in [6.07, 6.45) is 1.84. The SMILES string of the molecule is O=C(O)COc1ccccc1NC(=O)C1CCCNC1. The third kappa shape index (κ3) is 3.96. The number of para-hydroxylation sites is 2. The smallest absolute Gasteiger partial charge is 0.341 e. The number of anilines is 1. The summed E-state index contributed by atoms with van der Waals surface area (Å²) in [5.74, 6) is -0.811. The molecule has 2 rings (SSSR count). The van der Waals surface area contributed by atoms with Crippen molar-refractivity contribution in [1.82, 2.24) is 5.32 Å². The van der Waals surface area contributed by atoms with Gasteiger partial charge in [-0.1, -0.05) is 12.1 Å². The summed E-state index contributed by atoms with van der Waals surface area (Å²) in [5, 5.41) is 14.6. The molecule has 1 aliphatic rings. The molecule has 20 heavy (non-hydrogen) atoms. The van der Waals surface area contributed by atoms with Crippen molar-refractivity contribution in [1.29, 1.82) is 0 Å². The predicted molar refractivity (Wildman–Crippen MR) is 73.8 cm³/mol. The highest BCUT2D eigenvalue weighted by Crippen LogP contribution is 2.25. The molecule has 3 N–H and O–H groups in total. The van der Waals surface area contributed by atoms with Crippen LogP contribution in [0.3, 0.4) is 0 Å². The fourth-order valence-corrected chi connectivity index (χ4v) is 2.15. The van der Waals surface area contributed by atoms with Crippen LogP contribution < -0.4 is 15.4 Å². The summed E-state index contributed by atoms with van der Waals surface area (Å²) < 4.78 is 5.16. The van der Waals surface area contributed by atoms with Gasteiger partial charge >= 0.3 is 5.97 Å². The first-order valence-corrected chi connectivity index (χ1v) is 6.62. The van der Waals surface area contributed by atoms with Gasteiger partial charge < -0.3 is 20.5 Å². The average molecular weight is 278 g/mol. The van der Waals surface area contributed by atoms with Gasteiger partial charge in [-0.25, -0.2) is 4.79 Å². The molecule has 6 heteroatoms. The fourth-order valence-electron chi connectivity index (χ4n) is 2.15. The Kier molecular flexibility index (Phi) is 4.95. The maximum Gasteiger partial charge on any atom is 0.341 e. The maximum absolute atomic E-state index is 12.1. The van der Waals surface area contributed by atoms with E-state index in [9.17, 15) is 9.59 Å². The number of carboxylic acid groups (broad SMARTS) is 1. The summed E-state index contributed by atoms with van der Waals surface area (Å²) >= 11 is 0. The normalized spacial score (nSPS) is 18.3. The minimum Gasteiger partial charge on any atom is -0.480 e. The van der Waals surface area contributed by atoms with Crippen LogP contribution in [-0.4, -0.2) is 36.7 Å². The highest BCUT2D eigenvalue weighted by Gasteiger charge is 2.21. The molecule has 0 spiro atoms. The van der Waals surface area contributed by atoms with Crippen molar-refractivity contribution in [3.05, 3.63) is 24.3 Å². The molecule has 1 aromatic rings. The molecule has 0 saturated carbocycles. The zero-order valence-electron chi connectivity index (χ0n) is 11.1. The van der Waals surface area contributed by atoms with Crippen LogP contribution in [0.4, 0.5) is 5.69 Å². The third-order valence-corrected chi connectivity index (χ3v) is 3.16. The number of amides is 1. The molecule has 0 bridgehead atoms. The van der Waals surface area contributed by atoms with Crippen LogP contribution in [0.5, 0.6) is 5.75 Å². The van der Waals surface area contributed by atoms with E-state index in [0.717, 1.165) is 19.4 Å². The second kappa shape index (κ2) is 6.91. The summed E-state index contributed by atoms with van der Waals surface area (Å²) in [4.78, 5) is 22.7.